The Bertz CT molecular complexity index is 428. The fourth-order valence-electron chi connectivity index (χ4n) is 2.35. The van der Waals surface area contributed by atoms with Crippen molar-refractivity contribution < 1.29 is 4.79 Å². The van der Waals surface area contributed by atoms with E-state index >= 15 is 0 Å². The van der Waals surface area contributed by atoms with Gasteiger partial charge in [-0.2, -0.15) is 0 Å². The molecule has 0 bridgehead atoms. The highest BCUT2D eigenvalue weighted by Crippen LogP contribution is 2.22. The van der Waals surface area contributed by atoms with Crippen molar-refractivity contribution in [2.45, 2.75) is 38.6 Å². The standard InChI is InChI=1S/C15H22N2O.ClH/c1-11(2)12-6-4-7-13(10-12)17(3)15(18)14-8-5-9-16-14;/h4,6-7,10-11,14,16H,5,8-9H2,1-3H3;1H. The quantitative estimate of drug-likeness (QED) is 0.924. The number of nitrogens with one attached hydrogen (secondary N) is 1. The first-order valence-corrected chi connectivity index (χ1v) is 6.70. The van der Waals surface area contributed by atoms with Gasteiger partial charge in [0.2, 0.25) is 5.91 Å². The summed E-state index contributed by atoms with van der Waals surface area (Å²) in [6.07, 6.45) is 2.04. The van der Waals surface area contributed by atoms with Crippen LogP contribution in [0.25, 0.3) is 0 Å². The smallest absolute Gasteiger partial charge is 0.243 e. The summed E-state index contributed by atoms with van der Waals surface area (Å²) in [6.45, 7) is 5.29. The topological polar surface area (TPSA) is 32.3 Å². The molecule has 1 aromatic rings. The third-order valence-corrected chi connectivity index (χ3v) is 3.61. The molecule has 1 aromatic carbocycles. The van der Waals surface area contributed by atoms with E-state index in [1.54, 1.807) is 4.90 Å². The number of hydrogen-bond acceptors (Lipinski definition) is 2. The van der Waals surface area contributed by atoms with E-state index < -0.39 is 0 Å². The first kappa shape index (κ1) is 16.0. The van der Waals surface area contributed by atoms with Crippen LogP contribution in [0.15, 0.2) is 24.3 Å². The zero-order chi connectivity index (χ0) is 13.1. The van der Waals surface area contributed by atoms with Crippen molar-refractivity contribution in [2.24, 2.45) is 0 Å². The van der Waals surface area contributed by atoms with Gasteiger partial charge in [0.25, 0.3) is 0 Å². The van der Waals surface area contributed by atoms with Crippen LogP contribution < -0.4 is 10.2 Å². The summed E-state index contributed by atoms with van der Waals surface area (Å²) in [7, 11) is 1.86. The van der Waals surface area contributed by atoms with Gasteiger partial charge in [-0.15, -0.1) is 12.4 Å². The Morgan fingerprint density at radius 2 is 2.16 bits per heavy atom. The maximum Gasteiger partial charge on any atom is 0.243 e. The van der Waals surface area contributed by atoms with Crippen LogP contribution in [0.4, 0.5) is 5.69 Å². The minimum absolute atomic E-state index is 0. The van der Waals surface area contributed by atoms with Gasteiger partial charge in [-0.3, -0.25) is 4.79 Å². The molecule has 1 atom stereocenters. The zero-order valence-electron chi connectivity index (χ0n) is 11.8. The lowest BCUT2D eigenvalue weighted by molar-refractivity contribution is -0.119. The van der Waals surface area contributed by atoms with Crippen LogP contribution in [-0.2, 0) is 4.79 Å². The van der Waals surface area contributed by atoms with Crippen molar-refractivity contribution in [1.82, 2.24) is 5.32 Å². The number of amides is 1. The number of nitrogens with zero attached hydrogens (tertiary/aromatic N) is 1. The highest BCUT2D eigenvalue weighted by molar-refractivity contribution is 5.96. The summed E-state index contributed by atoms with van der Waals surface area (Å²) in [6, 6.07) is 8.24. The maximum atomic E-state index is 12.3. The average molecular weight is 283 g/mol. The predicted molar refractivity (Wildman–Crippen MR) is 82.2 cm³/mol. The van der Waals surface area contributed by atoms with E-state index in [0.717, 1.165) is 25.1 Å². The minimum Gasteiger partial charge on any atom is -0.314 e. The molecule has 4 heteroatoms. The van der Waals surface area contributed by atoms with Crippen LogP contribution in [0.2, 0.25) is 0 Å². The normalized spacial score (nSPS) is 18.2. The zero-order valence-corrected chi connectivity index (χ0v) is 12.7. The van der Waals surface area contributed by atoms with E-state index in [9.17, 15) is 4.79 Å². The molecule has 1 fully saturated rings. The Balaban J connectivity index is 0.00000180. The van der Waals surface area contributed by atoms with Crippen LogP contribution in [0.3, 0.4) is 0 Å². The molecule has 19 heavy (non-hydrogen) atoms. The molecule has 1 unspecified atom stereocenters. The molecule has 3 nitrogen and oxygen atoms in total. The van der Waals surface area contributed by atoms with Gasteiger partial charge in [0.1, 0.15) is 0 Å². The molecular formula is C15H23ClN2O. The lowest BCUT2D eigenvalue weighted by atomic mass is 10.0. The molecule has 1 saturated heterocycles. The highest BCUT2D eigenvalue weighted by atomic mass is 35.5. The van der Waals surface area contributed by atoms with Crippen LogP contribution in [0, 0.1) is 0 Å². The van der Waals surface area contributed by atoms with Crippen molar-refractivity contribution in [2.75, 3.05) is 18.5 Å². The minimum atomic E-state index is -0.00212. The van der Waals surface area contributed by atoms with Gasteiger partial charge in [-0.05, 0) is 43.0 Å². The molecule has 1 aliphatic rings. The van der Waals surface area contributed by atoms with Gasteiger partial charge in [0.05, 0.1) is 6.04 Å². The molecule has 106 valence electrons. The van der Waals surface area contributed by atoms with Crippen LogP contribution in [-0.4, -0.2) is 25.5 Å². The number of carbonyl (C=O) groups is 1. The van der Waals surface area contributed by atoms with Crippen molar-refractivity contribution >= 4 is 24.0 Å². The van der Waals surface area contributed by atoms with Gasteiger partial charge < -0.3 is 10.2 Å². The van der Waals surface area contributed by atoms with E-state index in [2.05, 4.69) is 31.3 Å². The first-order chi connectivity index (χ1) is 8.59. The van der Waals surface area contributed by atoms with E-state index in [1.165, 1.54) is 5.56 Å². The van der Waals surface area contributed by atoms with Gasteiger partial charge in [0.15, 0.2) is 0 Å². The molecule has 1 heterocycles. The number of benzene rings is 1. The van der Waals surface area contributed by atoms with Gasteiger partial charge in [-0.1, -0.05) is 26.0 Å². The largest absolute Gasteiger partial charge is 0.314 e. The van der Waals surface area contributed by atoms with Crippen molar-refractivity contribution in [3.05, 3.63) is 29.8 Å². The number of anilines is 1. The second kappa shape index (κ2) is 6.92. The number of rotatable bonds is 3. The molecule has 0 spiro atoms. The van der Waals surface area contributed by atoms with E-state index in [-0.39, 0.29) is 24.4 Å². The number of hydrogen-bond donors (Lipinski definition) is 1. The molecule has 0 saturated carbocycles. The van der Waals surface area contributed by atoms with Crippen LogP contribution >= 0.6 is 12.4 Å². The fraction of sp³-hybridized carbons (Fsp3) is 0.533. The number of halogens is 1. The Hall–Kier alpha value is -1.06. The fourth-order valence-corrected chi connectivity index (χ4v) is 2.35. The molecule has 1 amide bonds. The third-order valence-electron chi connectivity index (χ3n) is 3.61. The van der Waals surface area contributed by atoms with Crippen LogP contribution in [0.1, 0.15) is 38.2 Å². The Morgan fingerprint density at radius 1 is 1.42 bits per heavy atom. The lowest BCUT2D eigenvalue weighted by Crippen LogP contribution is -2.41. The highest BCUT2D eigenvalue weighted by Gasteiger charge is 2.25. The first-order valence-electron chi connectivity index (χ1n) is 6.70. The molecule has 0 aromatic heterocycles. The molecule has 1 N–H and O–H groups in total. The Labute approximate surface area is 121 Å². The number of carbonyl (C=O) groups excluding carboxylic acids is 1. The van der Waals surface area contributed by atoms with Gasteiger partial charge in [0, 0.05) is 12.7 Å². The van der Waals surface area contributed by atoms with Gasteiger partial charge >= 0.3 is 0 Å². The van der Waals surface area contributed by atoms with Crippen molar-refractivity contribution in [1.29, 1.82) is 0 Å². The summed E-state index contributed by atoms with van der Waals surface area (Å²) in [5, 5.41) is 3.25. The third kappa shape index (κ3) is 3.71. The second-order valence-electron chi connectivity index (χ2n) is 5.30. The van der Waals surface area contributed by atoms with Crippen molar-refractivity contribution in [3.63, 3.8) is 0 Å². The summed E-state index contributed by atoms with van der Waals surface area (Å²) < 4.78 is 0. The van der Waals surface area contributed by atoms with Crippen LogP contribution in [0.5, 0.6) is 0 Å². The summed E-state index contributed by atoms with van der Waals surface area (Å²) in [4.78, 5) is 14.1. The molecule has 0 radical (unpaired) electrons. The maximum absolute atomic E-state index is 12.3. The average Bonchev–Trinajstić information content (AvgIpc) is 2.91. The molecule has 1 aliphatic heterocycles. The van der Waals surface area contributed by atoms with Crippen molar-refractivity contribution in [3.8, 4) is 0 Å². The van der Waals surface area contributed by atoms with E-state index in [1.807, 2.05) is 19.2 Å². The lowest BCUT2D eigenvalue weighted by Gasteiger charge is -2.22. The molecular weight excluding hydrogens is 260 g/mol. The summed E-state index contributed by atoms with van der Waals surface area (Å²) in [5.74, 6) is 0.659. The summed E-state index contributed by atoms with van der Waals surface area (Å²) in [5.41, 5.74) is 2.26. The second-order valence-corrected chi connectivity index (χ2v) is 5.30. The van der Waals surface area contributed by atoms with E-state index in [0.29, 0.717) is 5.92 Å². The monoisotopic (exact) mass is 282 g/mol. The Kier molecular flexibility index (Phi) is 5.83. The predicted octanol–water partition coefficient (Wildman–Crippen LogP) is 2.95. The molecule has 0 aliphatic carbocycles. The Morgan fingerprint density at radius 3 is 2.74 bits per heavy atom. The summed E-state index contributed by atoms with van der Waals surface area (Å²) >= 11 is 0. The van der Waals surface area contributed by atoms with Gasteiger partial charge in [-0.25, -0.2) is 0 Å². The number of likely N-dealkylation sites (N-methyl/N-ethyl adjacent to an activating group) is 1. The molecule has 2 rings (SSSR count). The van der Waals surface area contributed by atoms with E-state index in [4.69, 9.17) is 0 Å². The SMILES string of the molecule is CC(C)c1cccc(N(C)C(=O)C2CCCN2)c1.Cl.